The van der Waals surface area contributed by atoms with Gasteiger partial charge in [0.15, 0.2) is 0 Å². The number of rotatable bonds is 5. The van der Waals surface area contributed by atoms with Gasteiger partial charge in [-0.15, -0.1) is 10.2 Å². The van der Waals surface area contributed by atoms with Crippen LogP contribution in [0.5, 0.6) is 0 Å². The van der Waals surface area contributed by atoms with Crippen molar-refractivity contribution >= 4 is 19.7 Å². The van der Waals surface area contributed by atoms with Crippen LogP contribution in [0, 0.1) is 5.82 Å². The molecular formula is C12H13ClFN3O2S. The second-order valence-electron chi connectivity index (χ2n) is 4.26. The summed E-state index contributed by atoms with van der Waals surface area (Å²) in [5, 5.41) is 7.12. The molecule has 2 aromatic rings. The highest BCUT2D eigenvalue weighted by molar-refractivity contribution is 8.13. The maximum absolute atomic E-state index is 13.6. The van der Waals surface area contributed by atoms with Crippen molar-refractivity contribution in [2.24, 2.45) is 0 Å². The molecule has 0 unspecified atom stereocenters. The lowest BCUT2D eigenvalue weighted by Crippen LogP contribution is -2.10. The fraction of sp³-hybridized carbons (Fsp3) is 0.333. The SMILES string of the molecule is CCCn1c(Cc2ccccc2F)nnc1S(=O)(=O)Cl. The minimum Gasteiger partial charge on any atom is -0.301 e. The maximum Gasteiger partial charge on any atom is 0.296 e. The van der Waals surface area contributed by atoms with Gasteiger partial charge in [-0.1, -0.05) is 25.1 Å². The van der Waals surface area contributed by atoms with Gasteiger partial charge in [0, 0.05) is 23.6 Å². The van der Waals surface area contributed by atoms with Crippen molar-refractivity contribution in [1.29, 1.82) is 0 Å². The van der Waals surface area contributed by atoms with Gasteiger partial charge in [-0.05, 0) is 18.1 Å². The van der Waals surface area contributed by atoms with E-state index < -0.39 is 9.05 Å². The summed E-state index contributed by atoms with van der Waals surface area (Å²) in [6, 6.07) is 6.26. The van der Waals surface area contributed by atoms with Crippen LogP contribution in [0.25, 0.3) is 0 Å². The zero-order valence-corrected chi connectivity index (χ0v) is 12.3. The Labute approximate surface area is 120 Å². The zero-order valence-electron chi connectivity index (χ0n) is 10.8. The zero-order chi connectivity index (χ0) is 14.8. The highest BCUT2D eigenvalue weighted by Gasteiger charge is 2.22. The van der Waals surface area contributed by atoms with E-state index in [1.165, 1.54) is 10.6 Å². The summed E-state index contributed by atoms with van der Waals surface area (Å²) in [6.45, 7) is 2.29. The predicted octanol–water partition coefficient (Wildman–Crippen LogP) is 2.35. The van der Waals surface area contributed by atoms with E-state index in [1.807, 2.05) is 6.92 Å². The average Bonchev–Trinajstić information content (AvgIpc) is 2.76. The molecular weight excluding hydrogens is 305 g/mol. The third kappa shape index (κ3) is 3.16. The molecule has 0 aliphatic rings. The molecule has 8 heteroatoms. The van der Waals surface area contributed by atoms with Crippen LogP contribution in [-0.4, -0.2) is 23.2 Å². The standard InChI is InChI=1S/C12H13ClFN3O2S/c1-2-7-17-11(15-16-12(17)20(13,18)19)8-9-5-3-4-6-10(9)14/h3-6H,2,7-8H2,1H3. The molecule has 108 valence electrons. The molecule has 0 radical (unpaired) electrons. The molecule has 0 saturated heterocycles. The van der Waals surface area contributed by atoms with Crippen LogP contribution in [-0.2, 0) is 22.0 Å². The van der Waals surface area contributed by atoms with Crippen LogP contribution in [0.4, 0.5) is 4.39 Å². The van der Waals surface area contributed by atoms with Crippen molar-refractivity contribution in [3.8, 4) is 0 Å². The van der Waals surface area contributed by atoms with Crippen molar-refractivity contribution < 1.29 is 12.8 Å². The van der Waals surface area contributed by atoms with Crippen LogP contribution in [0.2, 0.25) is 0 Å². The Bertz CT molecular complexity index is 715. The lowest BCUT2D eigenvalue weighted by molar-refractivity contribution is 0.555. The molecule has 0 amide bonds. The van der Waals surface area contributed by atoms with E-state index in [4.69, 9.17) is 10.7 Å². The van der Waals surface area contributed by atoms with Gasteiger partial charge in [0.1, 0.15) is 11.6 Å². The first-order valence-corrected chi connectivity index (χ1v) is 8.34. The van der Waals surface area contributed by atoms with Crippen molar-refractivity contribution in [2.75, 3.05) is 0 Å². The van der Waals surface area contributed by atoms with E-state index in [0.29, 0.717) is 24.4 Å². The molecule has 1 aromatic carbocycles. The van der Waals surface area contributed by atoms with Crippen molar-refractivity contribution in [2.45, 2.75) is 31.5 Å². The van der Waals surface area contributed by atoms with Gasteiger partial charge in [-0.3, -0.25) is 0 Å². The summed E-state index contributed by atoms with van der Waals surface area (Å²) in [7, 11) is 1.35. The van der Waals surface area contributed by atoms with Gasteiger partial charge in [0.2, 0.25) is 0 Å². The van der Waals surface area contributed by atoms with E-state index in [0.717, 1.165) is 0 Å². The lowest BCUT2D eigenvalue weighted by atomic mass is 10.1. The number of benzene rings is 1. The summed E-state index contributed by atoms with van der Waals surface area (Å²) in [6.07, 6.45) is 0.841. The molecule has 0 spiro atoms. The quantitative estimate of drug-likeness (QED) is 0.794. The van der Waals surface area contributed by atoms with Gasteiger partial charge in [-0.2, -0.15) is 0 Å². The molecule has 1 aromatic heterocycles. The summed E-state index contributed by atoms with van der Waals surface area (Å²) in [5.41, 5.74) is 0.427. The summed E-state index contributed by atoms with van der Waals surface area (Å²) in [4.78, 5) is 0. The van der Waals surface area contributed by atoms with Gasteiger partial charge in [0.05, 0.1) is 0 Å². The van der Waals surface area contributed by atoms with Gasteiger partial charge < -0.3 is 4.57 Å². The molecule has 2 rings (SSSR count). The van der Waals surface area contributed by atoms with E-state index in [1.54, 1.807) is 18.2 Å². The Hall–Kier alpha value is -1.47. The molecule has 0 aliphatic heterocycles. The molecule has 0 fully saturated rings. The van der Waals surface area contributed by atoms with Crippen molar-refractivity contribution in [3.05, 3.63) is 41.5 Å². The molecule has 0 saturated carbocycles. The lowest BCUT2D eigenvalue weighted by Gasteiger charge is -2.07. The second kappa shape index (κ2) is 5.88. The fourth-order valence-electron chi connectivity index (χ4n) is 1.89. The average molecular weight is 318 g/mol. The maximum atomic E-state index is 13.6. The van der Waals surface area contributed by atoms with Gasteiger partial charge in [-0.25, -0.2) is 12.8 Å². The number of hydrogen-bond acceptors (Lipinski definition) is 4. The Morgan fingerprint density at radius 1 is 1.30 bits per heavy atom. The normalized spacial score (nSPS) is 11.8. The van der Waals surface area contributed by atoms with Crippen LogP contribution >= 0.6 is 10.7 Å². The van der Waals surface area contributed by atoms with E-state index in [2.05, 4.69) is 10.2 Å². The Balaban J connectivity index is 2.43. The van der Waals surface area contributed by atoms with Gasteiger partial charge in [0.25, 0.3) is 14.2 Å². The predicted molar refractivity (Wildman–Crippen MR) is 72.6 cm³/mol. The first kappa shape index (κ1) is 14.9. The summed E-state index contributed by atoms with van der Waals surface area (Å²) >= 11 is 0. The molecule has 0 atom stereocenters. The van der Waals surface area contributed by atoms with Gasteiger partial charge >= 0.3 is 0 Å². The minimum absolute atomic E-state index is 0.159. The Morgan fingerprint density at radius 3 is 2.60 bits per heavy atom. The first-order chi connectivity index (χ1) is 9.43. The van der Waals surface area contributed by atoms with Crippen LogP contribution in [0.15, 0.2) is 29.4 Å². The number of halogens is 2. The third-order valence-electron chi connectivity index (χ3n) is 2.77. The molecule has 0 N–H and O–H groups in total. The smallest absolute Gasteiger partial charge is 0.296 e. The fourth-order valence-corrected chi connectivity index (χ4v) is 2.83. The molecule has 0 bridgehead atoms. The first-order valence-electron chi connectivity index (χ1n) is 6.03. The summed E-state index contributed by atoms with van der Waals surface area (Å²) < 4.78 is 37.9. The molecule has 0 aliphatic carbocycles. The minimum atomic E-state index is -3.97. The van der Waals surface area contributed by atoms with E-state index >= 15 is 0 Å². The van der Waals surface area contributed by atoms with Crippen LogP contribution in [0.1, 0.15) is 24.7 Å². The van der Waals surface area contributed by atoms with Crippen LogP contribution in [0.3, 0.4) is 0 Å². The van der Waals surface area contributed by atoms with E-state index in [9.17, 15) is 12.8 Å². The topological polar surface area (TPSA) is 64.8 Å². The highest BCUT2D eigenvalue weighted by atomic mass is 35.7. The van der Waals surface area contributed by atoms with E-state index in [-0.39, 0.29) is 17.4 Å². The molecule has 20 heavy (non-hydrogen) atoms. The third-order valence-corrected chi connectivity index (χ3v) is 3.92. The molecule has 1 heterocycles. The second-order valence-corrected chi connectivity index (χ2v) is 6.72. The Kier molecular flexibility index (Phi) is 4.39. The van der Waals surface area contributed by atoms with Crippen molar-refractivity contribution in [1.82, 2.24) is 14.8 Å². The molecule has 5 nitrogen and oxygen atoms in total. The van der Waals surface area contributed by atoms with Crippen molar-refractivity contribution in [3.63, 3.8) is 0 Å². The number of hydrogen-bond donors (Lipinski definition) is 0. The number of aromatic nitrogens is 3. The summed E-state index contributed by atoms with van der Waals surface area (Å²) in [5.74, 6) is 0.00463. The monoisotopic (exact) mass is 317 g/mol. The highest BCUT2D eigenvalue weighted by Crippen LogP contribution is 2.18. The Morgan fingerprint density at radius 2 is 2.00 bits per heavy atom. The number of nitrogens with zero attached hydrogens (tertiary/aromatic N) is 3. The van der Waals surface area contributed by atoms with Crippen LogP contribution < -0.4 is 0 Å². The largest absolute Gasteiger partial charge is 0.301 e.